The maximum atomic E-state index is 15.3. The second-order valence-corrected chi connectivity index (χ2v) is 9.97. The lowest BCUT2D eigenvalue weighted by Gasteiger charge is -2.35. The number of aromatic nitrogens is 2. The number of nitrogens with one attached hydrogen (secondary N) is 1. The van der Waals surface area contributed by atoms with Gasteiger partial charge in [0.2, 0.25) is 0 Å². The van der Waals surface area contributed by atoms with Gasteiger partial charge in [0, 0.05) is 42.9 Å². The van der Waals surface area contributed by atoms with E-state index in [2.05, 4.69) is 30.1 Å². The summed E-state index contributed by atoms with van der Waals surface area (Å²) < 4.78 is 41.8. The van der Waals surface area contributed by atoms with E-state index >= 15 is 4.39 Å². The number of morpholine rings is 1. The average Bonchev–Trinajstić information content (AvgIpc) is 3.48. The van der Waals surface area contributed by atoms with Gasteiger partial charge in [0.1, 0.15) is 23.3 Å². The molecule has 2 aromatic rings. The van der Waals surface area contributed by atoms with Crippen LogP contribution in [0.2, 0.25) is 0 Å². The number of benzene rings is 1. The van der Waals surface area contributed by atoms with Gasteiger partial charge in [0.15, 0.2) is 11.6 Å². The molecule has 38 heavy (non-hydrogen) atoms. The summed E-state index contributed by atoms with van der Waals surface area (Å²) in [4.78, 5) is 17.7. The van der Waals surface area contributed by atoms with Crippen LogP contribution in [0.3, 0.4) is 0 Å². The molecular formula is C28H32F2N6O2. The summed E-state index contributed by atoms with van der Waals surface area (Å²) in [6.07, 6.45) is 7.93. The Hall–Kier alpha value is -3.63. The van der Waals surface area contributed by atoms with E-state index in [0.717, 1.165) is 23.8 Å². The van der Waals surface area contributed by atoms with Crippen LogP contribution in [0.1, 0.15) is 25.0 Å². The lowest BCUT2D eigenvalue weighted by Crippen LogP contribution is -2.46. The molecule has 0 radical (unpaired) electrons. The summed E-state index contributed by atoms with van der Waals surface area (Å²) in [5.74, 6) is 0.292. The number of amidine groups is 1. The van der Waals surface area contributed by atoms with Gasteiger partial charge < -0.3 is 24.6 Å². The van der Waals surface area contributed by atoms with E-state index in [1.807, 2.05) is 46.2 Å². The Morgan fingerprint density at radius 1 is 1.24 bits per heavy atom. The molecular weight excluding hydrogens is 490 g/mol. The number of rotatable bonds is 7. The molecule has 1 fully saturated rings. The molecule has 0 saturated carbocycles. The van der Waals surface area contributed by atoms with Gasteiger partial charge in [-0.05, 0) is 46.0 Å². The van der Waals surface area contributed by atoms with Crippen LogP contribution in [-0.4, -0.2) is 73.7 Å². The molecule has 3 aliphatic rings. The molecule has 2 aliphatic heterocycles. The van der Waals surface area contributed by atoms with Crippen LogP contribution in [0.25, 0.3) is 6.08 Å². The van der Waals surface area contributed by atoms with Gasteiger partial charge in [-0.25, -0.2) is 8.78 Å². The second kappa shape index (κ2) is 11.0. The van der Waals surface area contributed by atoms with Crippen LogP contribution in [-0.2, 0) is 11.2 Å². The van der Waals surface area contributed by atoms with Crippen LogP contribution in [0.4, 0.5) is 20.4 Å². The molecule has 1 aromatic carbocycles. The van der Waals surface area contributed by atoms with Crippen molar-refractivity contribution >= 4 is 23.5 Å². The fourth-order valence-electron chi connectivity index (χ4n) is 4.83. The lowest BCUT2D eigenvalue weighted by molar-refractivity contribution is 0.0245. The Morgan fingerprint density at radius 2 is 2.08 bits per heavy atom. The van der Waals surface area contributed by atoms with Gasteiger partial charge in [-0.3, -0.25) is 4.99 Å². The molecule has 200 valence electrons. The van der Waals surface area contributed by atoms with E-state index in [4.69, 9.17) is 9.47 Å². The number of fused-ring (bicyclic) bond motifs is 1. The summed E-state index contributed by atoms with van der Waals surface area (Å²) in [6.45, 7) is 6.91. The van der Waals surface area contributed by atoms with E-state index in [0.29, 0.717) is 55.7 Å². The summed E-state index contributed by atoms with van der Waals surface area (Å²) in [5.41, 5.74) is 2.52. The number of allylic oxidation sites excluding steroid dienone is 2. The van der Waals surface area contributed by atoms with E-state index in [1.165, 1.54) is 0 Å². The molecule has 8 nitrogen and oxygen atoms in total. The third-order valence-corrected chi connectivity index (χ3v) is 6.49. The van der Waals surface area contributed by atoms with E-state index < -0.39 is 11.6 Å². The molecule has 0 spiro atoms. The zero-order valence-electron chi connectivity index (χ0n) is 22.1. The molecule has 0 bridgehead atoms. The smallest absolute Gasteiger partial charge is 0.326 e. The van der Waals surface area contributed by atoms with Crippen molar-refractivity contribution in [2.24, 2.45) is 4.99 Å². The molecule has 1 aliphatic carbocycles. The Morgan fingerprint density at radius 3 is 2.87 bits per heavy atom. The number of hydrogen-bond donors (Lipinski definition) is 1. The van der Waals surface area contributed by atoms with E-state index in [-0.39, 0.29) is 23.4 Å². The normalized spacial score (nSPS) is 19.1. The minimum atomic E-state index is -0.627. The number of likely N-dealkylation sites (N-methyl/N-ethyl adjacent to an activating group) is 1. The summed E-state index contributed by atoms with van der Waals surface area (Å²) >= 11 is 0. The Balaban J connectivity index is 1.47. The predicted octanol–water partition coefficient (Wildman–Crippen LogP) is 4.60. The molecule has 3 heterocycles. The minimum absolute atomic E-state index is 0.00157. The number of aliphatic imine (C=N–C) groups is 1. The lowest BCUT2D eigenvalue weighted by atomic mass is 10.1. The van der Waals surface area contributed by atoms with Gasteiger partial charge >= 0.3 is 6.01 Å². The average molecular weight is 523 g/mol. The molecule has 1 unspecified atom stereocenters. The van der Waals surface area contributed by atoms with E-state index in [9.17, 15) is 4.39 Å². The zero-order chi connectivity index (χ0) is 26.8. The van der Waals surface area contributed by atoms with Crippen molar-refractivity contribution in [3.63, 3.8) is 0 Å². The van der Waals surface area contributed by atoms with E-state index in [1.54, 1.807) is 12.1 Å². The third-order valence-electron chi connectivity index (χ3n) is 6.49. The predicted molar refractivity (Wildman–Crippen MR) is 145 cm³/mol. The Bertz CT molecular complexity index is 1350. The molecule has 1 N–H and O–H groups in total. The molecule has 0 amide bonds. The van der Waals surface area contributed by atoms with Gasteiger partial charge in [-0.1, -0.05) is 23.8 Å². The quantitative estimate of drug-likeness (QED) is 0.570. The first-order valence-electron chi connectivity index (χ1n) is 12.7. The molecule has 1 saturated heterocycles. The second-order valence-electron chi connectivity index (χ2n) is 9.97. The maximum Gasteiger partial charge on any atom is 0.326 e. The summed E-state index contributed by atoms with van der Waals surface area (Å²) in [6, 6.07) is 2.79. The fraction of sp³-hybridized carbons (Fsp3) is 0.393. The van der Waals surface area contributed by atoms with Crippen LogP contribution >= 0.6 is 0 Å². The molecule has 1 aromatic heterocycles. The van der Waals surface area contributed by atoms with Gasteiger partial charge in [0.05, 0.1) is 19.3 Å². The topological polar surface area (TPSA) is 75.1 Å². The van der Waals surface area contributed by atoms with Crippen molar-refractivity contribution in [3.8, 4) is 11.8 Å². The Labute approximate surface area is 221 Å². The number of halogens is 2. The summed E-state index contributed by atoms with van der Waals surface area (Å²) in [7, 11) is 4.00. The maximum absolute atomic E-state index is 15.3. The highest BCUT2D eigenvalue weighted by Crippen LogP contribution is 2.36. The number of nitrogens with zero attached hydrogens (tertiary/aromatic N) is 5. The van der Waals surface area contributed by atoms with Crippen LogP contribution in [0.15, 0.2) is 46.5 Å². The van der Waals surface area contributed by atoms with Crippen molar-refractivity contribution < 1.29 is 18.3 Å². The number of ether oxygens (including phenoxy) is 2. The van der Waals surface area contributed by atoms with Crippen molar-refractivity contribution in [2.45, 2.75) is 26.4 Å². The first-order valence-corrected chi connectivity index (χ1v) is 12.7. The fourth-order valence-corrected chi connectivity index (χ4v) is 4.83. The summed E-state index contributed by atoms with van der Waals surface area (Å²) in [5, 5.41) is 3.22. The minimum Gasteiger partial charge on any atom is -0.421 e. The first-order chi connectivity index (χ1) is 18.3. The van der Waals surface area contributed by atoms with Crippen molar-refractivity contribution in [1.29, 1.82) is 0 Å². The third kappa shape index (κ3) is 5.76. The monoisotopic (exact) mass is 522 g/mol. The first kappa shape index (κ1) is 26.0. The zero-order valence-corrected chi connectivity index (χ0v) is 22.1. The highest BCUT2D eigenvalue weighted by Gasteiger charge is 2.26. The number of hydrogen-bond acceptors (Lipinski definition) is 8. The Kier molecular flexibility index (Phi) is 7.53. The standard InChI is InChI=1S/C28H32F2N6O2/c1-5-6-18-11-24(31-14-18)32-25-13-26(36-7-8-37-19(16-36)15-35(3)4)34-28(33-25)38-23-12-22(29)20-9-17(2)10-21(20)27(23)30/h5-6,10-13,19H,7-9,14-16H2,1-4H3,(H,31,32,33,34)/b6-5+. The van der Waals surface area contributed by atoms with Crippen molar-refractivity contribution in [2.75, 3.05) is 57.1 Å². The van der Waals surface area contributed by atoms with Crippen molar-refractivity contribution in [1.82, 2.24) is 14.9 Å². The highest BCUT2D eigenvalue weighted by molar-refractivity contribution is 6.05. The van der Waals surface area contributed by atoms with Crippen LogP contribution in [0.5, 0.6) is 11.8 Å². The SMILES string of the molecule is C/C=C/C1=CC(Nc2cc(N3CCOC(CN(C)C)C3)nc(Oc3cc(F)c4c(c3F)C=C(C)C4)n2)=NC1. The van der Waals surface area contributed by atoms with Gasteiger partial charge in [-0.15, -0.1) is 0 Å². The van der Waals surface area contributed by atoms with Crippen LogP contribution < -0.4 is 15.0 Å². The number of anilines is 2. The van der Waals surface area contributed by atoms with Gasteiger partial charge in [-0.2, -0.15) is 9.97 Å². The van der Waals surface area contributed by atoms with Gasteiger partial charge in [0.25, 0.3) is 0 Å². The molecule has 5 rings (SSSR count). The molecule has 10 heteroatoms. The highest BCUT2D eigenvalue weighted by atomic mass is 19.1. The van der Waals surface area contributed by atoms with Crippen LogP contribution in [0, 0.1) is 11.6 Å². The largest absolute Gasteiger partial charge is 0.421 e. The van der Waals surface area contributed by atoms with Crippen molar-refractivity contribution in [3.05, 3.63) is 64.3 Å². The molecule has 1 atom stereocenters.